The molecule has 1 rings (SSSR count). The molecule has 0 saturated heterocycles. The van der Waals surface area contributed by atoms with Gasteiger partial charge in [-0.15, -0.1) is 0 Å². The van der Waals surface area contributed by atoms with Crippen molar-refractivity contribution in [1.29, 1.82) is 0 Å². The molecular weight excluding hydrogens is 284 g/mol. The van der Waals surface area contributed by atoms with Crippen molar-refractivity contribution in [3.05, 3.63) is 23.3 Å². The van der Waals surface area contributed by atoms with Gasteiger partial charge in [-0.25, -0.2) is 0 Å². The number of carbonyl (C=O) groups excluding carboxylic acids is 2. The van der Waals surface area contributed by atoms with Gasteiger partial charge in [-0.1, -0.05) is 0 Å². The Morgan fingerprint density at radius 3 is 1.45 bits per heavy atom. The Labute approximate surface area is 131 Å². The first-order chi connectivity index (χ1) is 10.3. The number of aryl methyl sites for hydroxylation is 2. The summed E-state index contributed by atoms with van der Waals surface area (Å²) in [5.41, 5.74) is 3.10. The SMILES string of the molecule is CO[C@H](C)C(=O)Nc1cc(C)c(NC(=O)[C@@H](C)OC)cc1C. The minimum Gasteiger partial charge on any atom is -0.372 e. The van der Waals surface area contributed by atoms with E-state index in [2.05, 4.69) is 10.6 Å². The second kappa shape index (κ2) is 7.91. The smallest absolute Gasteiger partial charge is 0.253 e. The van der Waals surface area contributed by atoms with Crippen LogP contribution in [0.2, 0.25) is 0 Å². The maximum absolute atomic E-state index is 11.9. The molecule has 2 atom stereocenters. The van der Waals surface area contributed by atoms with E-state index < -0.39 is 12.2 Å². The zero-order chi connectivity index (χ0) is 16.9. The average Bonchev–Trinajstić information content (AvgIpc) is 2.50. The van der Waals surface area contributed by atoms with Crippen molar-refractivity contribution in [2.75, 3.05) is 24.9 Å². The molecule has 122 valence electrons. The van der Waals surface area contributed by atoms with Crippen LogP contribution in [0.1, 0.15) is 25.0 Å². The predicted molar refractivity (Wildman–Crippen MR) is 86.1 cm³/mol. The maximum atomic E-state index is 11.9. The zero-order valence-corrected chi connectivity index (χ0v) is 13.9. The van der Waals surface area contributed by atoms with Gasteiger partial charge in [0, 0.05) is 25.6 Å². The molecule has 0 fully saturated rings. The molecule has 2 N–H and O–H groups in total. The highest BCUT2D eigenvalue weighted by atomic mass is 16.5. The van der Waals surface area contributed by atoms with E-state index in [1.165, 1.54) is 14.2 Å². The van der Waals surface area contributed by atoms with Crippen LogP contribution in [-0.4, -0.2) is 38.2 Å². The van der Waals surface area contributed by atoms with E-state index in [9.17, 15) is 9.59 Å². The van der Waals surface area contributed by atoms with Gasteiger partial charge >= 0.3 is 0 Å². The number of methoxy groups -OCH3 is 2. The number of nitrogens with one attached hydrogen (secondary N) is 2. The second-order valence-corrected chi connectivity index (χ2v) is 5.22. The van der Waals surface area contributed by atoms with Gasteiger partial charge in [0.25, 0.3) is 11.8 Å². The summed E-state index contributed by atoms with van der Waals surface area (Å²) in [6, 6.07) is 3.64. The second-order valence-electron chi connectivity index (χ2n) is 5.22. The van der Waals surface area contributed by atoms with E-state index in [1.807, 2.05) is 26.0 Å². The van der Waals surface area contributed by atoms with Gasteiger partial charge in [-0.2, -0.15) is 0 Å². The van der Waals surface area contributed by atoms with Crippen molar-refractivity contribution >= 4 is 23.2 Å². The molecule has 1 aromatic carbocycles. The topological polar surface area (TPSA) is 76.7 Å². The lowest BCUT2D eigenvalue weighted by molar-refractivity contribution is -0.125. The first-order valence-electron chi connectivity index (χ1n) is 7.08. The lowest BCUT2D eigenvalue weighted by Gasteiger charge is -2.17. The first-order valence-corrected chi connectivity index (χ1v) is 7.08. The molecule has 0 aliphatic carbocycles. The number of ether oxygens (including phenoxy) is 2. The largest absolute Gasteiger partial charge is 0.372 e. The summed E-state index contributed by atoms with van der Waals surface area (Å²) in [5.74, 6) is -0.426. The van der Waals surface area contributed by atoms with Gasteiger partial charge in [0.1, 0.15) is 12.2 Å². The van der Waals surface area contributed by atoms with Crippen molar-refractivity contribution in [3.8, 4) is 0 Å². The summed E-state index contributed by atoms with van der Waals surface area (Å²) < 4.78 is 9.97. The maximum Gasteiger partial charge on any atom is 0.253 e. The Kier molecular flexibility index (Phi) is 6.52. The third kappa shape index (κ3) is 4.54. The Hall–Kier alpha value is -1.92. The minimum atomic E-state index is -0.526. The Morgan fingerprint density at radius 2 is 1.18 bits per heavy atom. The van der Waals surface area contributed by atoms with Crippen molar-refractivity contribution in [2.45, 2.75) is 39.9 Å². The van der Waals surface area contributed by atoms with E-state index >= 15 is 0 Å². The number of carbonyl (C=O) groups is 2. The summed E-state index contributed by atoms with van der Waals surface area (Å²) in [7, 11) is 2.97. The van der Waals surface area contributed by atoms with Crippen LogP contribution < -0.4 is 10.6 Å². The summed E-state index contributed by atoms with van der Waals surface area (Å²) >= 11 is 0. The standard InChI is InChI=1S/C16H24N2O4/c1-9-7-14(18-16(20)12(4)22-6)10(2)8-13(9)17-15(19)11(3)21-5/h7-8,11-12H,1-6H3,(H,17,19)(H,18,20)/t11-,12-/m1/s1. The van der Waals surface area contributed by atoms with Gasteiger partial charge in [0.2, 0.25) is 0 Å². The van der Waals surface area contributed by atoms with Crippen molar-refractivity contribution in [2.24, 2.45) is 0 Å². The van der Waals surface area contributed by atoms with Gasteiger partial charge < -0.3 is 20.1 Å². The summed E-state index contributed by atoms with van der Waals surface area (Å²) in [6.45, 7) is 7.08. The van der Waals surface area contributed by atoms with E-state index in [0.29, 0.717) is 11.4 Å². The van der Waals surface area contributed by atoms with Gasteiger partial charge in [0.15, 0.2) is 0 Å². The molecular formula is C16H24N2O4. The summed E-state index contributed by atoms with van der Waals surface area (Å²) in [5, 5.41) is 5.63. The number of rotatable bonds is 6. The van der Waals surface area contributed by atoms with Crippen molar-refractivity contribution in [3.63, 3.8) is 0 Å². The molecule has 0 aromatic heterocycles. The normalized spacial score (nSPS) is 13.4. The number of hydrogen-bond acceptors (Lipinski definition) is 4. The third-order valence-electron chi connectivity index (χ3n) is 3.53. The number of anilines is 2. The van der Waals surface area contributed by atoms with E-state index in [0.717, 1.165) is 11.1 Å². The Balaban J connectivity index is 2.92. The molecule has 0 heterocycles. The highest BCUT2D eigenvalue weighted by molar-refractivity contribution is 5.97. The van der Waals surface area contributed by atoms with Gasteiger partial charge in [0.05, 0.1) is 0 Å². The van der Waals surface area contributed by atoms with Crippen LogP contribution >= 0.6 is 0 Å². The van der Waals surface area contributed by atoms with Crippen molar-refractivity contribution in [1.82, 2.24) is 0 Å². The minimum absolute atomic E-state index is 0.213. The van der Waals surface area contributed by atoms with Gasteiger partial charge in [-0.3, -0.25) is 9.59 Å². The number of amides is 2. The van der Waals surface area contributed by atoms with Crippen LogP contribution in [0.4, 0.5) is 11.4 Å². The quantitative estimate of drug-likeness (QED) is 0.845. The van der Waals surface area contributed by atoms with Crippen LogP contribution in [0.5, 0.6) is 0 Å². The molecule has 1 aromatic rings. The zero-order valence-electron chi connectivity index (χ0n) is 13.9. The fraction of sp³-hybridized carbons (Fsp3) is 0.500. The molecule has 22 heavy (non-hydrogen) atoms. The first kappa shape index (κ1) is 18.1. The predicted octanol–water partition coefficient (Wildman–Crippen LogP) is 2.25. The fourth-order valence-corrected chi connectivity index (χ4v) is 1.77. The highest BCUT2D eigenvalue weighted by Crippen LogP contribution is 2.25. The van der Waals surface area contributed by atoms with Crippen LogP contribution in [-0.2, 0) is 19.1 Å². The third-order valence-corrected chi connectivity index (χ3v) is 3.53. The molecule has 0 aliphatic heterocycles. The molecule has 0 bridgehead atoms. The summed E-state index contributed by atoms with van der Waals surface area (Å²) in [4.78, 5) is 23.8. The Morgan fingerprint density at radius 1 is 0.864 bits per heavy atom. The highest BCUT2D eigenvalue weighted by Gasteiger charge is 2.16. The molecule has 2 amide bonds. The van der Waals surface area contributed by atoms with E-state index in [1.54, 1.807) is 13.8 Å². The molecule has 6 nitrogen and oxygen atoms in total. The lowest BCUT2D eigenvalue weighted by atomic mass is 10.1. The summed E-state index contributed by atoms with van der Waals surface area (Å²) in [6.07, 6.45) is -1.05. The van der Waals surface area contributed by atoms with Crippen LogP contribution in [0.3, 0.4) is 0 Å². The van der Waals surface area contributed by atoms with Crippen LogP contribution in [0, 0.1) is 13.8 Å². The molecule has 0 aliphatic rings. The van der Waals surface area contributed by atoms with Crippen molar-refractivity contribution < 1.29 is 19.1 Å². The monoisotopic (exact) mass is 308 g/mol. The van der Waals surface area contributed by atoms with E-state index in [-0.39, 0.29) is 11.8 Å². The molecule has 0 saturated carbocycles. The average molecular weight is 308 g/mol. The lowest BCUT2D eigenvalue weighted by Crippen LogP contribution is -2.28. The number of benzene rings is 1. The molecule has 0 unspecified atom stereocenters. The fourth-order valence-electron chi connectivity index (χ4n) is 1.77. The molecule has 0 radical (unpaired) electrons. The Bertz CT molecular complexity index is 508. The molecule has 6 heteroatoms. The van der Waals surface area contributed by atoms with Gasteiger partial charge in [-0.05, 0) is 51.0 Å². The number of hydrogen-bond donors (Lipinski definition) is 2. The van der Waals surface area contributed by atoms with E-state index in [4.69, 9.17) is 9.47 Å². The van der Waals surface area contributed by atoms with Crippen LogP contribution in [0.25, 0.3) is 0 Å². The molecule has 0 spiro atoms. The van der Waals surface area contributed by atoms with Crippen LogP contribution in [0.15, 0.2) is 12.1 Å².